The van der Waals surface area contributed by atoms with E-state index < -0.39 is 15.6 Å². The van der Waals surface area contributed by atoms with E-state index in [2.05, 4.69) is 16.8 Å². The molecule has 2 aliphatic rings. The number of aromatic nitrogens is 1. The van der Waals surface area contributed by atoms with Crippen molar-refractivity contribution in [1.29, 1.82) is 0 Å². The molecule has 12 heteroatoms. The largest absolute Gasteiger partial charge is 0.459 e. The molecule has 1 fully saturated rings. The molecule has 2 aromatic heterocycles. The van der Waals surface area contributed by atoms with Crippen LogP contribution in [0.2, 0.25) is 0 Å². The fourth-order valence-corrected chi connectivity index (χ4v) is 7.82. The highest BCUT2D eigenvalue weighted by Crippen LogP contribution is 2.40. The van der Waals surface area contributed by atoms with Crippen LogP contribution in [0.4, 0.5) is 5.88 Å². The van der Waals surface area contributed by atoms with E-state index in [0.717, 1.165) is 56.3 Å². The number of aliphatic imine (C=N–C) groups is 1. The standard InChI is InChI=1S/C36H41N5O6S/c1-5-6-15-32-37-36(18-9-10-19-36)35(43)41(32)22-26-16-17-28(27(21-26)23-40(4)34(42)30-13-11-20-46-30)29-12-7-8-14-31(29)48(44,45)39-33-24(2)25(3)38-47-33/h7-8,11-14,16-17,20-21,39H,5-6,9-10,15,18-19,22-23H2,1-4H3. The summed E-state index contributed by atoms with van der Waals surface area (Å²) in [7, 11) is -2.44. The summed E-state index contributed by atoms with van der Waals surface area (Å²) in [4.78, 5) is 35.6. The normalized spacial score (nSPS) is 15.7. The summed E-state index contributed by atoms with van der Waals surface area (Å²) < 4.78 is 40.8. The maximum absolute atomic E-state index is 13.9. The molecule has 1 spiro atoms. The third kappa shape index (κ3) is 6.41. The Morgan fingerprint density at radius 2 is 1.83 bits per heavy atom. The Kier molecular flexibility index (Phi) is 9.28. The Labute approximate surface area is 281 Å². The molecule has 252 valence electrons. The average molecular weight is 672 g/mol. The lowest BCUT2D eigenvalue weighted by atomic mass is 9.96. The zero-order valence-electron chi connectivity index (χ0n) is 27.8. The zero-order valence-corrected chi connectivity index (χ0v) is 28.6. The quantitative estimate of drug-likeness (QED) is 0.174. The molecule has 48 heavy (non-hydrogen) atoms. The molecule has 11 nitrogen and oxygen atoms in total. The van der Waals surface area contributed by atoms with E-state index in [1.54, 1.807) is 51.2 Å². The summed E-state index contributed by atoms with van der Waals surface area (Å²) >= 11 is 0. The molecule has 0 unspecified atom stereocenters. The van der Waals surface area contributed by atoms with Crippen LogP contribution in [-0.2, 0) is 27.9 Å². The van der Waals surface area contributed by atoms with Crippen LogP contribution in [0.5, 0.6) is 0 Å². The molecule has 6 rings (SSSR count). The highest BCUT2D eigenvalue weighted by atomic mass is 32.2. The second kappa shape index (κ2) is 13.4. The number of anilines is 1. The van der Waals surface area contributed by atoms with E-state index >= 15 is 0 Å². The van der Waals surface area contributed by atoms with Crippen LogP contribution in [0, 0.1) is 13.8 Å². The number of unbranched alkanes of at least 4 members (excludes halogenated alkanes) is 1. The van der Waals surface area contributed by atoms with Crippen molar-refractivity contribution in [2.75, 3.05) is 11.8 Å². The number of amides is 2. The van der Waals surface area contributed by atoms with Gasteiger partial charge in [0.1, 0.15) is 11.4 Å². The second-order valence-corrected chi connectivity index (χ2v) is 14.4. The van der Waals surface area contributed by atoms with Gasteiger partial charge in [-0.05, 0) is 68.0 Å². The van der Waals surface area contributed by atoms with Crippen molar-refractivity contribution in [3.8, 4) is 11.1 Å². The van der Waals surface area contributed by atoms with Gasteiger partial charge in [-0.2, -0.15) is 0 Å². The Bertz CT molecular complexity index is 1960. The highest BCUT2D eigenvalue weighted by molar-refractivity contribution is 7.92. The van der Waals surface area contributed by atoms with Crippen LogP contribution in [0.15, 0.2) is 79.7 Å². The first-order valence-electron chi connectivity index (χ1n) is 16.4. The van der Waals surface area contributed by atoms with Crippen molar-refractivity contribution in [1.82, 2.24) is 15.0 Å². The van der Waals surface area contributed by atoms with Gasteiger partial charge in [-0.3, -0.25) is 19.5 Å². The van der Waals surface area contributed by atoms with Crippen LogP contribution in [0.3, 0.4) is 0 Å². The fraction of sp³-hybridized carbons (Fsp3) is 0.389. The van der Waals surface area contributed by atoms with Gasteiger partial charge >= 0.3 is 0 Å². The van der Waals surface area contributed by atoms with Gasteiger partial charge in [-0.1, -0.05) is 67.7 Å². The summed E-state index contributed by atoms with van der Waals surface area (Å²) in [6.07, 6.45) is 7.64. The van der Waals surface area contributed by atoms with Crippen molar-refractivity contribution in [3.63, 3.8) is 0 Å². The number of rotatable bonds is 12. The van der Waals surface area contributed by atoms with Gasteiger partial charge in [0.05, 0.1) is 23.4 Å². The first kappa shape index (κ1) is 33.2. The summed E-state index contributed by atoms with van der Waals surface area (Å²) in [6.45, 7) is 6.08. The van der Waals surface area contributed by atoms with Crippen molar-refractivity contribution in [2.24, 2.45) is 4.99 Å². The average Bonchev–Trinajstić information content (AvgIpc) is 3.89. The number of hydrogen-bond donors (Lipinski definition) is 1. The van der Waals surface area contributed by atoms with E-state index in [0.29, 0.717) is 34.5 Å². The molecule has 0 saturated heterocycles. The minimum Gasteiger partial charge on any atom is -0.459 e. The lowest BCUT2D eigenvalue weighted by Gasteiger charge is -2.24. The topological polar surface area (TPSA) is 138 Å². The van der Waals surface area contributed by atoms with Crippen LogP contribution < -0.4 is 4.72 Å². The van der Waals surface area contributed by atoms with Gasteiger partial charge in [0.2, 0.25) is 5.88 Å². The molecule has 0 bridgehead atoms. The minimum absolute atomic E-state index is 0.0411. The number of carbonyl (C=O) groups is 2. The third-order valence-corrected chi connectivity index (χ3v) is 10.7. The summed E-state index contributed by atoms with van der Waals surface area (Å²) in [5, 5.41) is 3.88. The van der Waals surface area contributed by atoms with Crippen LogP contribution in [0.1, 0.15) is 84.8 Å². The van der Waals surface area contributed by atoms with Gasteiger partial charge < -0.3 is 13.8 Å². The molecule has 0 radical (unpaired) electrons. The number of sulfonamides is 1. The van der Waals surface area contributed by atoms with Gasteiger partial charge in [-0.25, -0.2) is 13.1 Å². The Hall–Kier alpha value is -4.71. The molecule has 1 N–H and O–H groups in total. The van der Waals surface area contributed by atoms with E-state index in [1.165, 1.54) is 17.2 Å². The molecule has 3 heterocycles. The van der Waals surface area contributed by atoms with Crippen LogP contribution >= 0.6 is 0 Å². The molecular weight excluding hydrogens is 630 g/mol. The first-order valence-corrected chi connectivity index (χ1v) is 17.9. The summed E-state index contributed by atoms with van der Waals surface area (Å²) in [6, 6.07) is 15.7. The lowest BCUT2D eigenvalue weighted by Crippen LogP contribution is -2.40. The Morgan fingerprint density at radius 1 is 1.06 bits per heavy atom. The monoisotopic (exact) mass is 671 g/mol. The van der Waals surface area contributed by atoms with Crippen molar-refractivity contribution < 1.29 is 26.9 Å². The summed E-state index contributed by atoms with van der Waals surface area (Å²) in [5.74, 6) is 0.822. The van der Waals surface area contributed by atoms with Gasteiger partial charge in [0.15, 0.2) is 5.76 Å². The number of hydrogen-bond acceptors (Lipinski definition) is 8. The number of benzene rings is 2. The molecule has 2 amide bonds. The minimum atomic E-state index is -4.11. The smallest absolute Gasteiger partial charge is 0.289 e. The van der Waals surface area contributed by atoms with Crippen molar-refractivity contribution in [2.45, 2.75) is 89.2 Å². The molecule has 2 aromatic carbocycles. The number of amidine groups is 1. The predicted molar refractivity (Wildman–Crippen MR) is 182 cm³/mol. The number of furan rings is 1. The molecule has 4 aromatic rings. The molecule has 1 aliphatic heterocycles. The predicted octanol–water partition coefficient (Wildman–Crippen LogP) is 6.87. The zero-order chi connectivity index (χ0) is 34.1. The second-order valence-electron chi connectivity index (χ2n) is 12.7. The van der Waals surface area contributed by atoms with E-state index in [1.807, 2.05) is 23.1 Å². The van der Waals surface area contributed by atoms with E-state index in [-0.39, 0.29) is 34.9 Å². The van der Waals surface area contributed by atoms with Crippen molar-refractivity contribution in [3.05, 3.63) is 89.0 Å². The van der Waals surface area contributed by atoms with Crippen LogP contribution in [0.25, 0.3) is 11.1 Å². The number of nitrogens with zero attached hydrogens (tertiary/aromatic N) is 4. The third-order valence-electron chi connectivity index (χ3n) is 9.33. The Morgan fingerprint density at radius 3 is 2.52 bits per heavy atom. The first-order chi connectivity index (χ1) is 23.0. The van der Waals surface area contributed by atoms with Gasteiger partial charge in [0.25, 0.3) is 21.8 Å². The van der Waals surface area contributed by atoms with Gasteiger partial charge in [-0.15, -0.1) is 0 Å². The van der Waals surface area contributed by atoms with E-state index in [4.69, 9.17) is 13.9 Å². The molecule has 1 saturated carbocycles. The van der Waals surface area contributed by atoms with Crippen LogP contribution in [-0.4, -0.2) is 53.6 Å². The van der Waals surface area contributed by atoms with Crippen molar-refractivity contribution >= 4 is 33.6 Å². The number of carbonyl (C=O) groups excluding carboxylic acids is 2. The maximum atomic E-state index is 13.9. The maximum Gasteiger partial charge on any atom is 0.289 e. The summed E-state index contributed by atoms with van der Waals surface area (Å²) in [5.41, 5.74) is 3.17. The molecule has 0 atom stereocenters. The van der Waals surface area contributed by atoms with E-state index in [9.17, 15) is 18.0 Å². The lowest BCUT2D eigenvalue weighted by molar-refractivity contribution is -0.131. The molecule has 1 aliphatic carbocycles. The fourth-order valence-electron chi connectivity index (χ4n) is 6.55. The van der Waals surface area contributed by atoms with Gasteiger partial charge in [0, 0.05) is 31.1 Å². The SMILES string of the molecule is CCCCC1=NC2(CCCC2)C(=O)N1Cc1ccc(-c2ccccc2S(=O)(=O)Nc2onc(C)c2C)c(CN(C)C(=O)c2ccco2)c1. The number of nitrogens with one attached hydrogen (secondary N) is 1. The highest BCUT2D eigenvalue weighted by Gasteiger charge is 2.49. The molecular formula is C36H41N5O6S. The Balaban J connectivity index is 1.39. The number of aryl methyl sites for hydroxylation is 1.